The summed E-state index contributed by atoms with van der Waals surface area (Å²) in [6, 6.07) is 14.0. The molecule has 0 radical (unpaired) electrons. The SMILES string of the molecule is Cc1cc(NCCc2ccc(Cl)cc2)ccc1C(N)=S. The number of nitrogens with one attached hydrogen (secondary N) is 1. The van der Waals surface area contributed by atoms with Crippen LogP contribution in [0.3, 0.4) is 0 Å². The molecule has 0 spiro atoms. The van der Waals surface area contributed by atoms with Gasteiger partial charge in [-0.2, -0.15) is 0 Å². The van der Waals surface area contributed by atoms with Crippen LogP contribution < -0.4 is 11.1 Å². The molecule has 4 heteroatoms. The maximum absolute atomic E-state index is 5.86. The number of rotatable bonds is 5. The Hall–Kier alpha value is -1.58. The van der Waals surface area contributed by atoms with Crippen molar-refractivity contribution >= 4 is 34.5 Å². The molecule has 2 aromatic carbocycles. The van der Waals surface area contributed by atoms with E-state index in [1.807, 2.05) is 43.3 Å². The van der Waals surface area contributed by atoms with Crippen molar-refractivity contribution in [3.05, 3.63) is 64.2 Å². The monoisotopic (exact) mass is 304 g/mol. The highest BCUT2D eigenvalue weighted by Crippen LogP contribution is 2.15. The summed E-state index contributed by atoms with van der Waals surface area (Å²) >= 11 is 10.9. The Labute approximate surface area is 130 Å². The van der Waals surface area contributed by atoms with E-state index in [-0.39, 0.29) is 0 Å². The summed E-state index contributed by atoms with van der Waals surface area (Å²) in [5, 5.41) is 4.17. The number of hydrogen-bond donors (Lipinski definition) is 2. The van der Waals surface area contributed by atoms with Gasteiger partial charge in [-0.3, -0.25) is 0 Å². The molecule has 0 unspecified atom stereocenters. The van der Waals surface area contributed by atoms with Crippen molar-refractivity contribution < 1.29 is 0 Å². The minimum atomic E-state index is 0.440. The molecule has 0 fully saturated rings. The predicted molar refractivity (Wildman–Crippen MR) is 90.7 cm³/mol. The number of benzene rings is 2. The second-order valence-corrected chi connectivity index (χ2v) is 5.57. The fourth-order valence-corrected chi connectivity index (χ4v) is 2.41. The molecule has 2 aromatic rings. The highest BCUT2D eigenvalue weighted by molar-refractivity contribution is 7.80. The predicted octanol–water partition coefficient (Wildman–Crippen LogP) is 3.94. The van der Waals surface area contributed by atoms with E-state index in [9.17, 15) is 0 Å². The molecule has 0 aliphatic carbocycles. The normalized spacial score (nSPS) is 10.3. The van der Waals surface area contributed by atoms with Gasteiger partial charge in [-0.15, -0.1) is 0 Å². The van der Waals surface area contributed by atoms with Crippen molar-refractivity contribution in [1.29, 1.82) is 0 Å². The zero-order chi connectivity index (χ0) is 14.5. The Morgan fingerprint density at radius 1 is 1.20 bits per heavy atom. The summed E-state index contributed by atoms with van der Waals surface area (Å²) < 4.78 is 0. The lowest BCUT2D eigenvalue weighted by Crippen LogP contribution is -2.12. The second kappa shape index (κ2) is 6.73. The number of hydrogen-bond acceptors (Lipinski definition) is 2. The lowest BCUT2D eigenvalue weighted by Gasteiger charge is -2.10. The van der Waals surface area contributed by atoms with Crippen molar-refractivity contribution in [3.63, 3.8) is 0 Å². The Bertz CT molecular complexity index is 608. The van der Waals surface area contributed by atoms with Crippen LogP contribution in [0.15, 0.2) is 42.5 Å². The third kappa shape index (κ3) is 3.95. The highest BCUT2D eigenvalue weighted by Gasteiger charge is 2.02. The molecule has 0 saturated carbocycles. The summed E-state index contributed by atoms with van der Waals surface area (Å²) in [6.07, 6.45) is 0.952. The zero-order valence-electron chi connectivity index (χ0n) is 11.3. The van der Waals surface area contributed by atoms with Crippen molar-refractivity contribution in [3.8, 4) is 0 Å². The van der Waals surface area contributed by atoms with Crippen LogP contribution in [0, 0.1) is 6.92 Å². The molecule has 0 aromatic heterocycles. The standard InChI is InChI=1S/C16H17ClN2S/c1-11-10-14(6-7-15(11)16(18)20)19-9-8-12-2-4-13(17)5-3-12/h2-7,10,19H,8-9H2,1H3,(H2,18,20). The van der Waals surface area contributed by atoms with Crippen LogP contribution in [0.1, 0.15) is 16.7 Å². The van der Waals surface area contributed by atoms with Crippen LogP contribution in [0.2, 0.25) is 5.02 Å². The van der Waals surface area contributed by atoms with Gasteiger partial charge >= 0.3 is 0 Å². The smallest absolute Gasteiger partial charge is 0.104 e. The van der Waals surface area contributed by atoms with E-state index >= 15 is 0 Å². The lowest BCUT2D eigenvalue weighted by molar-refractivity contribution is 1.02. The molecule has 0 saturated heterocycles. The van der Waals surface area contributed by atoms with E-state index in [4.69, 9.17) is 29.6 Å². The first-order chi connectivity index (χ1) is 9.56. The lowest BCUT2D eigenvalue weighted by atomic mass is 10.1. The average molecular weight is 305 g/mol. The van der Waals surface area contributed by atoms with E-state index in [1.165, 1.54) is 5.56 Å². The molecular formula is C16H17ClN2S. The van der Waals surface area contributed by atoms with Crippen LogP contribution in [0.4, 0.5) is 5.69 Å². The highest BCUT2D eigenvalue weighted by atomic mass is 35.5. The topological polar surface area (TPSA) is 38.0 Å². The van der Waals surface area contributed by atoms with Crippen LogP contribution >= 0.6 is 23.8 Å². The molecule has 0 bridgehead atoms. The minimum absolute atomic E-state index is 0.440. The van der Waals surface area contributed by atoms with Crippen LogP contribution in [-0.4, -0.2) is 11.5 Å². The molecular weight excluding hydrogens is 288 g/mol. The summed E-state index contributed by atoms with van der Waals surface area (Å²) in [4.78, 5) is 0.440. The molecule has 2 nitrogen and oxygen atoms in total. The molecule has 0 aliphatic rings. The first-order valence-electron chi connectivity index (χ1n) is 6.45. The quantitative estimate of drug-likeness (QED) is 0.822. The van der Waals surface area contributed by atoms with Crippen LogP contribution in [0.25, 0.3) is 0 Å². The largest absolute Gasteiger partial charge is 0.389 e. The molecule has 2 rings (SSSR count). The van der Waals surface area contributed by atoms with E-state index in [0.29, 0.717) is 4.99 Å². The minimum Gasteiger partial charge on any atom is -0.389 e. The Morgan fingerprint density at radius 2 is 1.90 bits per heavy atom. The molecule has 0 heterocycles. The molecule has 104 valence electrons. The van der Waals surface area contributed by atoms with Crippen LogP contribution in [-0.2, 0) is 6.42 Å². The van der Waals surface area contributed by atoms with Gasteiger partial charge in [-0.25, -0.2) is 0 Å². The average Bonchev–Trinajstić information content (AvgIpc) is 2.41. The first kappa shape index (κ1) is 14.8. The van der Waals surface area contributed by atoms with Gasteiger partial charge in [0.05, 0.1) is 0 Å². The van der Waals surface area contributed by atoms with Gasteiger partial charge in [0.25, 0.3) is 0 Å². The number of aryl methyl sites for hydroxylation is 1. The van der Waals surface area contributed by atoms with Crippen molar-refractivity contribution in [2.75, 3.05) is 11.9 Å². The zero-order valence-corrected chi connectivity index (χ0v) is 12.9. The Morgan fingerprint density at radius 3 is 2.50 bits per heavy atom. The second-order valence-electron chi connectivity index (χ2n) is 4.70. The van der Waals surface area contributed by atoms with Gasteiger partial charge in [-0.05, 0) is 54.8 Å². The fraction of sp³-hybridized carbons (Fsp3) is 0.188. The Balaban J connectivity index is 1.92. The van der Waals surface area contributed by atoms with E-state index in [0.717, 1.165) is 34.8 Å². The van der Waals surface area contributed by atoms with E-state index in [1.54, 1.807) is 0 Å². The third-order valence-corrected chi connectivity index (χ3v) is 3.62. The first-order valence-corrected chi connectivity index (χ1v) is 7.23. The number of thiocarbonyl (C=S) groups is 1. The van der Waals surface area contributed by atoms with Crippen molar-refractivity contribution in [2.24, 2.45) is 5.73 Å². The van der Waals surface area contributed by atoms with Crippen LogP contribution in [0.5, 0.6) is 0 Å². The molecule has 0 aliphatic heterocycles. The van der Waals surface area contributed by atoms with Crippen molar-refractivity contribution in [2.45, 2.75) is 13.3 Å². The van der Waals surface area contributed by atoms with Gasteiger partial charge in [0.2, 0.25) is 0 Å². The van der Waals surface area contributed by atoms with E-state index < -0.39 is 0 Å². The van der Waals surface area contributed by atoms with Crippen molar-refractivity contribution in [1.82, 2.24) is 0 Å². The molecule has 3 N–H and O–H groups in total. The number of halogens is 1. The Kier molecular flexibility index (Phi) is 4.99. The van der Waals surface area contributed by atoms with Gasteiger partial charge in [0.1, 0.15) is 4.99 Å². The van der Waals surface area contributed by atoms with E-state index in [2.05, 4.69) is 11.4 Å². The van der Waals surface area contributed by atoms with Gasteiger partial charge in [0.15, 0.2) is 0 Å². The fourth-order valence-electron chi connectivity index (χ4n) is 2.05. The molecule has 0 amide bonds. The molecule has 0 atom stereocenters. The summed E-state index contributed by atoms with van der Waals surface area (Å²) in [6.45, 7) is 2.88. The maximum Gasteiger partial charge on any atom is 0.104 e. The van der Waals surface area contributed by atoms with Gasteiger partial charge in [0, 0.05) is 22.8 Å². The maximum atomic E-state index is 5.86. The number of nitrogens with two attached hydrogens (primary N) is 1. The summed E-state index contributed by atoms with van der Waals surface area (Å²) in [5.74, 6) is 0. The molecule has 20 heavy (non-hydrogen) atoms. The third-order valence-electron chi connectivity index (χ3n) is 3.15. The summed E-state index contributed by atoms with van der Waals surface area (Å²) in [5.41, 5.74) is 10.0. The number of anilines is 1. The summed E-state index contributed by atoms with van der Waals surface area (Å²) in [7, 11) is 0. The van der Waals surface area contributed by atoms with Gasteiger partial charge < -0.3 is 11.1 Å². The van der Waals surface area contributed by atoms with Gasteiger partial charge in [-0.1, -0.05) is 36.0 Å².